The van der Waals surface area contributed by atoms with Crippen molar-refractivity contribution in [3.8, 4) is 0 Å². The maximum absolute atomic E-state index is 12.4. The molecule has 0 aliphatic carbocycles. The molecule has 2 rings (SSSR count). The van der Waals surface area contributed by atoms with E-state index in [1.54, 1.807) is 6.92 Å². The highest BCUT2D eigenvalue weighted by Crippen LogP contribution is 2.19. The number of amides is 2. The minimum atomic E-state index is -0.505. The molecule has 1 heterocycles. The van der Waals surface area contributed by atoms with Gasteiger partial charge in [0.15, 0.2) is 0 Å². The first kappa shape index (κ1) is 19.4. The summed E-state index contributed by atoms with van der Waals surface area (Å²) in [6, 6.07) is 9.90. The molecule has 0 radical (unpaired) electrons. The number of carbonyl (C=O) groups is 2. The lowest BCUT2D eigenvalue weighted by Gasteiger charge is -2.32. The Balaban J connectivity index is 1.76. The number of rotatable bonds is 5. The van der Waals surface area contributed by atoms with Gasteiger partial charge in [0.1, 0.15) is 6.04 Å². The van der Waals surface area contributed by atoms with Crippen molar-refractivity contribution in [2.75, 3.05) is 13.1 Å². The van der Waals surface area contributed by atoms with Gasteiger partial charge in [-0.2, -0.15) is 0 Å². The standard InChI is InChI=1S/C20H31N3O2/c1-15(18(24)22-20(2,3)4)21-19(25)17-10-12-23(13-11-17)14-16-8-6-5-7-9-16/h5-9,15,17H,10-14H2,1-4H3,(H,21,25)(H,22,24). The Morgan fingerprint density at radius 1 is 1.16 bits per heavy atom. The number of hydrogen-bond donors (Lipinski definition) is 2. The molecule has 2 N–H and O–H groups in total. The lowest BCUT2D eigenvalue weighted by molar-refractivity contribution is -0.132. The molecule has 0 spiro atoms. The van der Waals surface area contributed by atoms with Crippen molar-refractivity contribution in [1.29, 1.82) is 0 Å². The second-order valence-corrected chi connectivity index (χ2v) is 8.01. The van der Waals surface area contributed by atoms with E-state index in [4.69, 9.17) is 0 Å². The number of piperidine rings is 1. The average Bonchev–Trinajstić information content (AvgIpc) is 2.54. The molecule has 1 fully saturated rings. The van der Waals surface area contributed by atoms with Gasteiger partial charge in [0.05, 0.1) is 0 Å². The van der Waals surface area contributed by atoms with E-state index in [-0.39, 0.29) is 23.3 Å². The fraction of sp³-hybridized carbons (Fsp3) is 0.600. The maximum Gasteiger partial charge on any atom is 0.242 e. The van der Waals surface area contributed by atoms with Crippen molar-refractivity contribution in [2.24, 2.45) is 5.92 Å². The number of likely N-dealkylation sites (tertiary alicyclic amines) is 1. The van der Waals surface area contributed by atoms with Crippen LogP contribution in [0.25, 0.3) is 0 Å². The molecule has 1 aromatic rings. The van der Waals surface area contributed by atoms with Gasteiger partial charge in [-0.25, -0.2) is 0 Å². The topological polar surface area (TPSA) is 61.4 Å². The zero-order valence-corrected chi connectivity index (χ0v) is 15.8. The van der Waals surface area contributed by atoms with Crippen molar-refractivity contribution in [3.63, 3.8) is 0 Å². The molecule has 1 unspecified atom stereocenters. The van der Waals surface area contributed by atoms with Gasteiger partial charge in [-0.3, -0.25) is 14.5 Å². The summed E-state index contributed by atoms with van der Waals surface area (Å²) in [5.41, 5.74) is 1.01. The summed E-state index contributed by atoms with van der Waals surface area (Å²) in [7, 11) is 0. The van der Waals surface area contributed by atoms with Gasteiger partial charge in [0, 0.05) is 18.0 Å². The minimum absolute atomic E-state index is 0.00286. The Kier molecular flexibility index (Phi) is 6.59. The molecule has 0 bridgehead atoms. The van der Waals surface area contributed by atoms with E-state index in [9.17, 15) is 9.59 Å². The van der Waals surface area contributed by atoms with Crippen molar-refractivity contribution >= 4 is 11.8 Å². The predicted molar refractivity (Wildman–Crippen MR) is 99.9 cm³/mol. The Hall–Kier alpha value is -1.88. The average molecular weight is 345 g/mol. The highest BCUT2D eigenvalue weighted by atomic mass is 16.2. The molecule has 1 atom stereocenters. The Morgan fingerprint density at radius 3 is 2.32 bits per heavy atom. The Bertz CT molecular complexity index is 572. The van der Waals surface area contributed by atoms with Gasteiger partial charge in [-0.1, -0.05) is 30.3 Å². The highest BCUT2D eigenvalue weighted by Gasteiger charge is 2.28. The molecule has 1 aliphatic rings. The zero-order valence-electron chi connectivity index (χ0n) is 15.8. The quantitative estimate of drug-likeness (QED) is 0.861. The third-order valence-electron chi connectivity index (χ3n) is 4.46. The largest absolute Gasteiger partial charge is 0.350 e. The molecular formula is C20H31N3O2. The monoisotopic (exact) mass is 345 g/mol. The number of hydrogen-bond acceptors (Lipinski definition) is 3. The molecule has 138 valence electrons. The van der Waals surface area contributed by atoms with Crippen molar-refractivity contribution in [1.82, 2.24) is 15.5 Å². The van der Waals surface area contributed by atoms with Crippen molar-refractivity contribution < 1.29 is 9.59 Å². The third kappa shape index (κ3) is 6.50. The molecular weight excluding hydrogens is 314 g/mol. The summed E-state index contributed by atoms with van der Waals surface area (Å²) in [5, 5.41) is 5.77. The van der Waals surface area contributed by atoms with Crippen LogP contribution >= 0.6 is 0 Å². The summed E-state index contributed by atoms with van der Waals surface area (Å²) < 4.78 is 0. The fourth-order valence-corrected chi connectivity index (χ4v) is 3.07. The molecule has 5 nitrogen and oxygen atoms in total. The van der Waals surface area contributed by atoms with E-state index in [2.05, 4.69) is 39.8 Å². The molecule has 1 aromatic carbocycles. The molecule has 0 aromatic heterocycles. The number of benzene rings is 1. The fourth-order valence-electron chi connectivity index (χ4n) is 3.07. The normalized spacial score (nSPS) is 17.8. The van der Waals surface area contributed by atoms with Crippen LogP contribution in [0.4, 0.5) is 0 Å². The van der Waals surface area contributed by atoms with Gasteiger partial charge in [-0.15, -0.1) is 0 Å². The summed E-state index contributed by atoms with van der Waals surface area (Å²) in [4.78, 5) is 26.9. The number of nitrogens with one attached hydrogen (secondary N) is 2. The minimum Gasteiger partial charge on any atom is -0.350 e. The van der Waals surface area contributed by atoms with E-state index in [1.807, 2.05) is 26.8 Å². The van der Waals surface area contributed by atoms with E-state index in [0.29, 0.717) is 0 Å². The van der Waals surface area contributed by atoms with Crippen LogP contribution in [-0.4, -0.2) is 41.4 Å². The summed E-state index contributed by atoms with van der Waals surface area (Å²) >= 11 is 0. The van der Waals surface area contributed by atoms with E-state index in [0.717, 1.165) is 32.5 Å². The van der Waals surface area contributed by atoms with Gasteiger partial charge >= 0.3 is 0 Å². The van der Waals surface area contributed by atoms with Crippen LogP contribution in [0.3, 0.4) is 0 Å². The van der Waals surface area contributed by atoms with Crippen molar-refractivity contribution in [3.05, 3.63) is 35.9 Å². The van der Waals surface area contributed by atoms with Gasteiger partial charge in [-0.05, 0) is 59.2 Å². The Morgan fingerprint density at radius 2 is 1.76 bits per heavy atom. The Labute approximate surface area is 151 Å². The van der Waals surface area contributed by atoms with Crippen LogP contribution in [-0.2, 0) is 16.1 Å². The van der Waals surface area contributed by atoms with Crippen LogP contribution < -0.4 is 10.6 Å². The van der Waals surface area contributed by atoms with E-state index < -0.39 is 6.04 Å². The third-order valence-corrected chi connectivity index (χ3v) is 4.46. The molecule has 1 aliphatic heterocycles. The summed E-state index contributed by atoms with van der Waals surface area (Å²) in [6.45, 7) is 10.3. The molecule has 1 saturated heterocycles. The SMILES string of the molecule is CC(NC(=O)C1CCN(Cc2ccccc2)CC1)C(=O)NC(C)(C)C. The van der Waals surface area contributed by atoms with Crippen LogP contribution in [0.2, 0.25) is 0 Å². The predicted octanol–water partition coefficient (Wildman–Crippen LogP) is 2.32. The second-order valence-electron chi connectivity index (χ2n) is 8.01. The first-order valence-corrected chi connectivity index (χ1v) is 9.13. The first-order chi connectivity index (χ1) is 11.7. The molecule has 25 heavy (non-hydrogen) atoms. The van der Waals surface area contributed by atoms with Gasteiger partial charge in [0.25, 0.3) is 0 Å². The lowest BCUT2D eigenvalue weighted by atomic mass is 9.95. The van der Waals surface area contributed by atoms with Crippen LogP contribution in [0, 0.1) is 5.92 Å². The van der Waals surface area contributed by atoms with Crippen LogP contribution in [0.15, 0.2) is 30.3 Å². The van der Waals surface area contributed by atoms with Crippen LogP contribution in [0.5, 0.6) is 0 Å². The van der Waals surface area contributed by atoms with Gasteiger partial charge in [0.2, 0.25) is 11.8 Å². The number of carbonyl (C=O) groups excluding carboxylic acids is 2. The first-order valence-electron chi connectivity index (χ1n) is 9.13. The molecule has 5 heteroatoms. The molecule has 0 saturated carbocycles. The zero-order chi connectivity index (χ0) is 18.4. The molecule has 2 amide bonds. The van der Waals surface area contributed by atoms with Gasteiger partial charge < -0.3 is 10.6 Å². The second kappa shape index (κ2) is 8.48. The smallest absolute Gasteiger partial charge is 0.242 e. The number of nitrogens with zero attached hydrogens (tertiary/aromatic N) is 1. The summed E-state index contributed by atoms with van der Waals surface area (Å²) in [6.07, 6.45) is 1.68. The lowest BCUT2D eigenvalue weighted by Crippen LogP contribution is -2.52. The van der Waals surface area contributed by atoms with E-state index in [1.165, 1.54) is 5.56 Å². The van der Waals surface area contributed by atoms with Crippen molar-refractivity contribution in [2.45, 2.75) is 58.7 Å². The maximum atomic E-state index is 12.4. The highest BCUT2D eigenvalue weighted by molar-refractivity contribution is 5.88. The van der Waals surface area contributed by atoms with Crippen LogP contribution in [0.1, 0.15) is 46.1 Å². The van der Waals surface area contributed by atoms with E-state index >= 15 is 0 Å². The summed E-state index contributed by atoms with van der Waals surface area (Å²) in [5.74, 6) is -0.143.